The number of hydrogen-bond donors (Lipinski definition) is 1. The number of nitrogens with one attached hydrogen (secondary N) is 1. The van der Waals surface area contributed by atoms with Gasteiger partial charge in [-0.05, 0) is 18.6 Å². The summed E-state index contributed by atoms with van der Waals surface area (Å²) in [7, 11) is 0. The van der Waals surface area contributed by atoms with Gasteiger partial charge in [0.2, 0.25) is 5.75 Å². The molecule has 1 aromatic heterocycles. The molecule has 7 heteroatoms. The summed E-state index contributed by atoms with van der Waals surface area (Å²) in [6, 6.07) is 7.49. The van der Waals surface area contributed by atoms with E-state index in [0.717, 1.165) is 13.0 Å². The lowest BCUT2D eigenvalue weighted by Crippen LogP contribution is -2.01. The van der Waals surface area contributed by atoms with Crippen LogP contribution in [0.3, 0.4) is 0 Å². The van der Waals surface area contributed by atoms with E-state index in [9.17, 15) is 10.1 Å². The number of hydrogen-bond acceptors (Lipinski definition) is 5. The summed E-state index contributed by atoms with van der Waals surface area (Å²) in [4.78, 5) is 14.6. The minimum atomic E-state index is -0.511. The summed E-state index contributed by atoms with van der Waals surface area (Å²) >= 11 is 5.86. The van der Waals surface area contributed by atoms with E-state index < -0.39 is 4.92 Å². The van der Waals surface area contributed by atoms with Gasteiger partial charge in [0.05, 0.1) is 4.92 Å². The third-order valence-electron chi connectivity index (χ3n) is 2.63. The molecule has 6 nitrogen and oxygen atoms in total. The van der Waals surface area contributed by atoms with E-state index >= 15 is 0 Å². The molecule has 110 valence electrons. The Bertz CT molecular complexity index is 649. The number of anilines is 1. The molecule has 2 rings (SSSR count). The van der Waals surface area contributed by atoms with Gasteiger partial charge >= 0.3 is 5.69 Å². The molecule has 0 radical (unpaired) electrons. The molecule has 0 unspecified atom stereocenters. The number of nitro benzene ring substituents is 1. The molecule has 0 fully saturated rings. The third kappa shape index (κ3) is 4.06. The molecule has 0 bridgehead atoms. The lowest BCUT2D eigenvalue weighted by atomic mass is 10.3. The summed E-state index contributed by atoms with van der Waals surface area (Å²) in [6.45, 7) is 2.83. The van der Waals surface area contributed by atoms with Crippen molar-refractivity contribution < 1.29 is 9.66 Å². The zero-order chi connectivity index (χ0) is 15.2. The topological polar surface area (TPSA) is 77.3 Å². The zero-order valence-electron chi connectivity index (χ0n) is 11.4. The number of halogens is 1. The van der Waals surface area contributed by atoms with Crippen LogP contribution in [0.25, 0.3) is 0 Å². The predicted molar refractivity (Wildman–Crippen MR) is 81.2 cm³/mol. The number of nitro groups is 1. The van der Waals surface area contributed by atoms with E-state index in [1.807, 2.05) is 6.92 Å². The summed E-state index contributed by atoms with van der Waals surface area (Å²) in [6.07, 6.45) is 2.54. The lowest BCUT2D eigenvalue weighted by Gasteiger charge is -2.09. The number of benzene rings is 1. The highest BCUT2D eigenvalue weighted by Crippen LogP contribution is 2.34. The van der Waals surface area contributed by atoms with Crippen molar-refractivity contribution in [1.29, 1.82) is 0 Å². The predicted octanol–water partition coefficient (Wildman–Crippen LogP) is 4.26. The molecule has 2 aromatic rings. The Morgan fingerprint density at radius 3 is 2.90 bits per heavy atom. The van der Waals surface area contributed by atoms with Crippen molar-refractivity contribution in [1.82, 2.24) is 4.98 Å². The van der Waals surface area contributed by atoms with Crippen molar-refractivity contribution in [2.75, 3.05) is 11.9 Å². The monoisotopic (exact) mass is 307 g/mol. The number of ether oxygens (including phenoxy) is 1. The highest BCUT2D eigenvalue weighted by Gasteiger charge is 2.16. The van der Waals surface area contributed by atoms with Crippen molar-refractivity contribution in [3.05, 3.63) is 51.7 Å². The van der Waals surface area contributed by atoms with Gasteiger partial charge in [-0.1, -0.05) is 18.5 Å². The van der Waals surface area contributed by atoms with E-state index in [0.29, 0.717) is 16.6 Å². The molecule has 21 heavy (non-hydrogen) atoms. The number of pyridine rings is 1. The second kappa shape index (κ2) is 6.90. The summed E-state index contributed by atoms with van der Waals surface area (Å²) < 4.78 is 5.57. The zero-order valence-corrected chi connectivity index (χ0v) is 12.1. The van der Waals surface area contributed by atoms with Crippen LogP contribution in [0.4, 0.5) is 11.5 Å². The van der Waals surface area contributed by atoms with Crippen LogP contribution in [0.2, 0.25) is 5.02 Å². The Morgan fingerprint density at radius 2 is 2.19 bits per heavy atom. The highest BCUT2D eigenvalue weighted by atomic mass is 35.5. The molecular formula is C14H14ClN3O3. The van der Waals surface area contributed by atoms with Gasteiger partial charge in [0.15, 0.2) is 0 Å². The van der Waals surface area contributed by atoms with E-state index in [4.69, 9.17) is 16.3 Å². The fraction of sp³-hybridized carbons (Fsp3) is 0.214. The Kier molecular flexibility index (Phi) is 4.94. The maximum Gasteiger partial charge on any atom is 0.311 e. The molecule has 1 aromatic carbocycles. The van der Waals surface area contributed by atoms with Crippen LogP contribution >= 0.6 is 11.6 Å². The van der Waals surface area contributed by atoms with Crippen molar-refractivity contribution in [3.63, 3.8) is 0 Å². The van der Waals surface area contributed by atoms with Crippen LogP contribution in [0.1, 0.15) is 13.3 Å². The number of rotatable bonds is 6. The molecule has 0 atom stereocenters. The molecule has 0 spiro atoms. The van der Waals surface area contributed by atoms with Crippen LogP contribution in [0.15, 0.2) is 36.5 Å². The molecule has 0 amide bonds. The third-order valence-corrected chi connectivity index (χ3v) is 2.87. The minimum Gasteiger partial charge on any atom is -0.450 e. The van der Waals surface area contributed by atoms with Crippen LogP contribution in [-0.4, -0.2) is 16.5 Å². The van der Waals surface area contributed by atoms with Crippen molar-refractivity contribution >= 4 is 23.1 Å². The largest absolute Gasteiger partial charge is 0.450 e. The fourth-order valence-electron chi connectivity index (χ4n) is 1.67. The Balaban J connectivity index is 2.25. The van der Waals surface area contributed by atoms with E-state index in [-0.39, 0.29) is 11.4 Å². The molecule has 0 saturated heterocycles. The van der Waals surface area contributed by atoms with Crippen molar-refractivity contribution in [2.24, 2.45) is 0 Å². The average Bonchev–Trinajstić information content (AvgIpc) is 2.45. The van der Waals surface area contributed by atoms with Gasteiger partial charge < -0.3 is 10.1 Å². The summed E-state index contributed by atoms with van der Waals surface area (Å²) in [5.74, 6) is 1.20. The first-order chi connectivity index (χ1) is 10.1. The molecule has 1 N–H and O–H groups in total. The van der Waals surface area contributed by atoms with E-state index in [2.05, 4.69) is 10.3 Å². The normalized spacial score (nSPS) is 10.2. The van der Waals surface area contributed by atoms with Crippen LogP contribution in [0, 0.1) is 10.1 Å². The van der Waals surface area contributed by atoms with Gasteiger partial charge in [-0.3, -0.25) is 10.1 Å². The van der Waals surface area contributed by atoms with Crippen LogP contribution in [0.5, 0.6) is 11.5 Å². The van der Waals surface area contributed by atoms with E-state index in [1.165, 1.54) is 18.2 Å². The first-order valence-corrected chi connectivity index (χ1v) is 6.79. The summed E-state index contributed by atoms with van der Waals surface area (Å²) in [5.41, 5.74) is -0.140. The van der Waals surface area contributed by atoms with Gasteiger partial charge in [-0.2, -0.15) is 0 Å². The molecule has 0 saturated carbocycles. The molecule has 0 aliphatic carbocycles. The van der Waals surface area contributed by atoms with Crippen molar-refractivity contribution in [2.45, 2.75) is 13.3 Å². The maximum atomic E-state index is 11.0. The molecule has 0 aliphatic heterocycles. The number of nitrogens with zero attached hydrogens (tertiary/aromatic N) is 2. The lowest BCUT2D eigenvalue weighted by molar-refractivity contribution is -0.385. The smallest absolute Gasteiger partial charge is 0.311 e. The van der Waals surface area contributed by atoms with Gasteiger partial charge in [0.1, 0.15) is 11.6 Å². The Labute approximate surface area is 126 Å². The van der Waals surface area contributed by atoms with Gasteiger partial charge in [-0.15, -0.1) is 0 Å². The first kappa shape index (κ1) is 15.1. The Hall–Kier alpha value is -2.34. The highest BCUT2D eigenvalue weighted by molar-refractivity contribution is 6.30. The first-order valence-electron chi connectivity index (χ1n) is 6.42. The van der Waals surface area contributed by atoms with Crippen LogP contribution < -0.4 is 10.1 Å². The second-order valence-electron chi connectivity index (χ2n) is 4.27. The standard InChI is InChI=1S/C14H14ClN3O3/c1-2-6-16-14-9-11(5-7-17-14)21-13-8-10(15)3-4-12(13)18(19)20/h3-5,7-9H,2,6H2,1H3,(H,16,17). The van der Waals surface area contributed by atoms with Crippen molar-refractivity contribution in [3.8, 4) is 11.5 Å². The average molecular weight is 308 g/mol. The Morgan fingerprint density at radius 1 is 1.38 bits per heavy atom. The SMILES string of the molecule is CCCNc1cc(Oc2cc(Cl)ccc2[N+](=O)[O-])ccn1. The van der Waals surface area contributed by atoms with Crippen LogP contribution in [-0.2, 0) is 0 Å². The second-order valence-corrected chi connectivity index (χ2v) is 4.71. The molecule has 1 heterocycles. The quantitative estimate of drug-likeness (QED) is 0.637. The van der Waals surface area contributed by atoms with Gasteiger partial charge in [-0.25, -0.2) is 4.98 Å². The number of aromatic nitrogens is 1. The molecule has 0 aliphatic rings. The summed E-state index contributed by atoms with van der Waals surface area (Å²) in [5, 5.41) is 14.5. The molecular weight excluding hydrogens is 294 g/mol. The maximum absolute atomic E-state index is 11.0. The fourth-order valence-corrected chi connectivity index (χ4v) is 1.83. The minimum absolute atomic E-state index is 0.0974. The van der Waals surface area contributed by atoms with Gasteiger partial charge in [0.25, 0.3) is 0 Å². The van der Waals surface area contributed by atoms with Gasteiger partial charge in [0, 0.05) is 36.0 Å². The van der Waals surface area contributed by atoms with E-state index in [1.54, 1.807) is 18.3 Å².